The van der Waals surface area contributed by atoms with E-state index < -0.39 is 17.2 Å². The highest BCUT2D eigenvalue weighted by Gasteiger charge is 2.20. The van der Waals surface area contributed by atoms with Crippen LogP contribution >= 0.6 is 27.5 Å². The average Bonchev–Trinajstić information content (AvgIpc) is 2.69. The van der Waals surface area contributed by atoms with Crippen molar-refractivity contribution < 1.29 is 18.7 Å². The third kappa shape index (κ3) is 4.65. The highest BCUT2D eigenvalue weighted by Crippen LogP contribution is 2.32. The average molecular weight is 482 g/mol. The number of Topliss-reactive ketones (excluding diaryl/α,β-unsaturated/α-hetero) is 1. The van der Waals surface area contributed by atoms with Crippen LogP contribution < -0.4 is 15.0 Å². The molecule has 0 bridgehead atoms. The smallest absolute Gasteiger partial charge is 0.297 e. The van der Waals surface area contributed by atoms with E-state index in [0.717, 1.165) is 5.56 Å². The highest BCUT2D eigenvalue weighted by atomic mass is 79.9. The summed E-state index contributed by atoms with van der Waals surface area (Å²) in [7, 11) is 1.56. The van der Waals surface area contributed by atoms with Crippen LogP contribution in [0.25, 0.3) is 0 Å². The zero-order chi connectivity index (χ0) is 21.1. The number of aromatic nitrogens is 2. The third-order valence-corrected chi connectivity index (χ3v) is 4.81. The second-order valence-corrected chi connectivity index (χ2v) is 7.35. The van der Waals surface area contributed by atoms with Crippen LogP contribution in [0.15, 0.2) is 52.0 Å². The first kappa shape index (κ1) is 21.0. The molecule has 0 radical (unpaired) electrons. The molecule has 0 spiro atoms. The summed E-state index contributed by atoms with van der Waals surface area (Å²) in [5, 5.41) is 0.195. The molecule has 29 heavy (non-hydrogen) atoms. The van der Waals surface area contributed by atoms with Gasteiger partial charge in [-0.1, -0.05) is 23.7 Å². The predicted molar refractivity (Wildman–Crippen MR) is 110 cm³/mol. The second-order valence-electron chi connectivity index (χ2n) is 6.06. The van der Waals surface area contributed by atoms with Gasteiger partial charge in [0, 0.05) is 18.0 Å². The molecule has 0 aliphatic rings. The third-order valence-electron chi connectivity index (χ3n) is 4.01. The lowest BCUT2D eigenvalue weighted by atomic mass is 10.2. The van der Waals surface area contributed by atoms with Gasteiger partial charge in [-0.05, 0) is 39.7 Å². The van der Waals surface area contributed by atoms with E-state index in [9.17, 15) is 14.0 Å². The maximum absolute atomic E-state index is 14.4. The number of ketones is 1. The summed E-state index contributed by atoms with van der Waals surface area (Å²) >= 11 is 8.97. The van der Waals surface area contributed by atoms with Crippen molar-refractivity contribution in [1.29, 1.82) is 0 Å². The first-order chi connectivity index (χ1) is 13.8. The van der Waals surface area contributed by atoms with Crippen LogP contribution in [0.4, 0.5) is 4.39 Å². The molecule has 1 aromatic heterocycles. The number of benzene rings is 2. The van der Waals surface area contributed by atoms with E-state index in [-0.39, 0.29) is 33.2 Å². The number of methoxy groups -OCH3 is 1. The number of nitrogens with zero attached hydrogens (tertiary/aromatic N) is 2. The van der Waals surface area contributed by atoms with Gasteiger partial charge in [0.2, 0.25) is 5.75 Å². The van der Waals surface area contributed by atoms with E-state index in [0.29, 0.717) is 5.75 Å². The highest BCUT2D eigenvalue weighted by molar-refractivity contribution is 9.10. The maximum Gasteiger partial charge on any atom is 0.297 e. The molecule has 0 atom stereocenters. The minimum absolute atomic E-state index is 0.0619. The Morgan fingerprint density at radius 2 is 1.97 bits per heavy atom. The van der Waals surface area contributed by atoms with Crippen LogP contribution in [0.3, 0.4) is 0 Å². The molecule has 0 unspecified atom stereocenters. The molecule has 3 rings (SSSR count). The fourth-order valence-electron chi connectivity index (χ4n) is 2.57. The van der Waals surface area contributed by atoms with E-state index in [1.54, 1.807) is 31.4 Å². The van der Waals surface area contributed by atoms with Crippen molar-refractivity contribution in [2.24, 2.45) is 0 Å². The molecule has 150 valence electrons. The van der Waals surface area contributed by atoms with Gasteiger partial charge in [-0.25, -0.2) is 9.37 Å². The molecule has 9 heteroatoms. The molecule has 3 aromatic rings. The monoisotopic (exact) mass is 480 g/mol. The molecule has 0 amide bonds. The van der Waals surface area contributed by atoms with Crippen LogP contribution in [-0.2, 0) is 6.54 Å². The number of halogens is 3. The number of hydrogen-bond donors (Lipinski definition) is 0. The Labute approximate surface area is 179 Å². The Morgan fingerprint density at radius 3 is 2.59 bits per heavy atom. The topological polar surface area (TPSA) is 70.4 Å². The molecule has 0 aliphatic heterocycles. The van der Waals surface area contributed by atoms with Gasteiger partial charge in [0.1, 0.15) is 5.75 Å². The molecule has 6 nitrogen and oxygen atoms in total. The zero-order valence-corrected chi connectivity index (χ0v) is 17.8. The quantitative estimate of drug-likeness (QED) is 0.372. The molecule has 0 fully saturated rings. The Hall–Kier alpha value is -2.71. The first-order valence-electron chi connectivity index (χ1n) is 8.36. The van der Waals surface area contributed by atoms with E-state index in [4.69, 9.17) is 21.1 Å². The molecule has 1 heterocycles. The lowest BCUT2D eigenvalue weighted by Crippen LogP contribution is -2.25. The van der Waals surface area contributed by atoms with Gasteiger partial charge in [-0.2, -0.15) is 0 Å². The van der Waals surface area contributed by atoms with E-state index >= 15 is 0 Å². The normalized spacial score (nSPS) is 10.7. The number of hydrogen-bond acceptors (Lipinski definition) is 5. The molecule has 0 N–H and O–H groups in total. The largest absolute Gasteiger partial charge is 0.497 e. The first-order valence-corrected chi connectivity index (χ1v) is 9.53. The summed E-state index contributed by atoms with van der Waals surface area (Å²) < 4.78 is 26.3. The van der Waals surface area contributed by atoms with Crippen LogP contribution in [0.1, 0.15) is 23.0 Å². The number of ether oxygens (including phenoxy) is 2. The number of carbonyl (C=O) groups excluding carboxylic acids is 1. The van der Waals surface area contributed by atoms with Gasteiger partial charge in [0.15, 0.2) is 23.0 Å². The molecule has 2 aromatic carbocycles. The van der Waals surface area contributed by atoms with Gasteiger partial charge in [0.05, 0.1) is 24.5 Å². The maximum atomic E-state index is 14.4. The van der Waals surface area contributed by atoms with Crippen LogP contribution in [0.2, 0.25) is 5.02 Å². The molecule has 0 aliphatic carbocycles. The van der Waals surface area contributed by atoms with Crippen molar-refractivity contribution in [3.63, 3.8) is 0 Å². The Kier molecular flexibility index (Phi) is 6.34. The molecule has 0 saturated carbocycles. The summed E-state index contributed by atoms with van der Waals surface area (Å²) in [4.78, 5) is 28.9. The van der Waals surface area contributed by atoms with E-state index in [2.05, 4.69) is 20.9 Å². The summed E-state index contributed by atoms with van der Waals surface area (Å²) in [5.74, 6) is -1.24. The van der Waals surface area contributed by atoms with Gasteiger partial charge in [-0.15, -0.1) is 0 Å². The van der Waals surface area contributed by atoms with Crippen molar-refractivity contribution in [3.05, 3.63) is 79.6 Å². The Morgan fingerprint density at radius 1 is 1.28 bits per heavy atom. The summed E-state index contributed by atoms with van der Waals surface area (Å²) in [6.45, 7) is 1.42. The summed E-state index contributed by atoms with van der Waals surface area (Å²) in [6.07, 6.45) is 1.25. The minimum Gasteiger partial charge on any atom is -0.497 e. The van der Waals surface area contributed by atoms with Crippen molar-refractivity contribution in [3.8, 4) is 17.2 Å². The van der Waals surface area contributed by atoms with Crippen LogP contribution in [-0.4, -0.2) is 22.4 Å². The molecular weight excluding hydrogens is 467 g/mol. The standard InChI is InChI=1S/C20H15BrClFN2O4/c1-11(26)18-19(29-16-8-13(22)7-15(21)17(16)23)20(27)25(10-24-18)9-12-3-5-14(28-2)6-4-12/h3-8,10H,9H2,1-2H3. The van der Waals surface area contributed by atoms with Gasteiger partial charge >= 0.3 is 0 Å². The van der Waals surface area contributed by atoms with Crippen LogP contribution in [0.5, 0.6) is 17.2 Å². The predicted octanol–water partition coefficient (Wildman–Crippen LogP) is 4.85. The van der Waals surface area contributed by atoms with Gasteiger partial charge < -0.3 is 9.47 Å². The molecule has 0 saturated heterocycles. The van der Waals surface area contributed by atoms with Gasteiger partial charge in [0.25, 0.3) is 5.56 Å². The molecular formula is C20H15BrClFN2O4. The van der Waals surface area contributed by atoms with Gasteiger partial charge in [-0.3, -0.25) is 14.2 Å². The van der Waals surface area contributed by atoms with Crippen LogP contribution in [0, 0.1) is 5.82 Å². The van der Waals surface area contributed by atoms with Crippen molar-refractivity contribution in [2.75, 3.05) is 7.11 Å². The summed E-state index contributed by atoms with van der Waals surface area (Å²) in [6, 6.07) is 9.66. The lowest BCUT2D eigenvalue weighted by molar-refractivity contribution is 0.100. The van der Waals surface area contributed by atoms with Crippen molar-refractivity contribution >= 4 is 33.3 Å². The Balaban J connectivity index is 2.04. The number of rotatable bonds is 6. The lowest BCUT2D eigenvalue weighted by Gasteiger charge is -2.13. The van der Waals surface area contributed by atoms with E-state index in [1.165, 1.54) is 30.0 Å². The minimum atomic E-state index is -0.756. The Bertz CT molecular complexity index is 1130. The fraction of sp³-hybridized carbons (Fsp3) is 0.150. The second kappa shape index (κ2) is 8.75. The number of carbonyl (C=O) groups is 1. The summed E-state index contributed by atoms with van der Waals surface area (Å²) in [5.41, 5.74) is -0.0269. The fourth-order valence-corrected chi connectivity index (χ4v) is 3.35. The van der Waals surface area contributed by atoms with Crippen molar-refractivity contribution in [2.45, 2.75) is 13.5 Å². The van der Waals surface area contributed by atoms with Crippen molar-refractivity contribution in [1.82, 2.24) is 9.55 Å². The SMILES string of the molecule is COc1ccc(Cn2cnc(C(C)=O)c(Oc3cc(Cl)cc(Br)c3F)c2=O)cc1. The van der Waals surface area contributed by atoms with E-state index in [1.807, 2.05) is 0 Å². The zero-order valence-electron chi connectivity index (χ0n) is 15.4.